The van der Waals surface area contributed by atoms with Gasteiger partial charge in [-0.2, -0.15) is 13.2 Å². The van der Waals surface area contributed by atoms with Gasteiger partial charge in [-0.25, -0.2) is 0 Å². The topological polar surface area (TPSA) is 25.8 Å². The Morgan fingerprint density at radius 2 is 1.76 bits per heavy atom. The average molecular weight is 279 g/mol. The molecule has 90 valence electrons. The normalized spacial score (nSPS) is 13.6. The maximum Gasteiger partial charge on any atom is 0.445 e. The molecule has 0 aliphatic rings. The number of hydrogen-bond acceptors (Lipinski definition) is 3. The van der Waals surface area contributed by atoms with Crippen molar-refractivity contribution >= 4 is 22.9 Å². The average Bonchev–Trinajstić information content (AvgIpc) is 2.78. The van der Waals surface area contributed by atoms with Crippen LogP contribution in [0.1, 0.15) is 21.0 Å². The smallest absolute Gasteiger partial charge is 0.164 e. The molecule has 1 heterocycles. The fourth-order valence-corrected chi connectivity index (χ4v) is 2.26. The quantitative estimate of drug-likeness (QED) is 0.779. The van der Waals surface area contributed by atoms with E-state index in [0.29, 0.717) is 16.9 Å². The first-order chi connectivity index (χ1) is 7.98. The third-order valence-corrected chi connectivity index (χ3v) is 3.61. The summed E-state index contributed by atoms with van der Waals surface area (Å²) in [7, 11) is 0. The Kier molecular flexibility index (Phi) is 3.35. The second kappa shape index (κ2) is 4.62. The molecule has 0 amide bonds. The van der Waals surface area contributed by atoms with E-state index in [4.69, 9.17) is 11.6 Å². The summed E-state index contributed by atoms with van der Waals surface area (Å²) in [4.78, 5) is 0. The summed E-state index contributed by atoms with van der Waals surface area (Å²) in [5.41, 5.74) is 0.694. The maximum atomic E-state index is 12.3. The lowest BCUT2D eigenvalue weighted by Crippen LogP contribution is -2.03. The number of alkyl halides is 4. The van der Waals surface area contributed by atoms with Gasteiger partial charge in [0.1, 0.15) is 10.4 Å². The van der Waals surface area contributed by atoms with Crippen LogP contribution in [-0.4, -0.2) is 10.2 Å². The number of halogens is 4. The van der Waals surface area contributed by atoms with E-state index in [1.165, 1.54) is 0 Å². The Morgan fingerprint density at radius 1 is 1.12 bits per heavy atom. The van der Waals surface area contributed by atoms with Gasteiger partial charge in [-0.05, 0) is 5.56 Å². The van der Waals surface area contributed by atoms with Crippen LogP contribution in [0.4, 0.5) is 13.2 Å². The lowest BCUT2D eigenvalue weighted by Gasteiger charge is -2.04. The van der Waals surface area contributed by atoms with Gasteiger partial charge in [-0.3, -0.25) is 0 Å². The van der Waals surface area contributed by atoms with Gasteiger partial charge in [0, 0.05) is 0 Å². The summed E-state index contributed by atoms with van der Waals surface area (Å²) in [6.45, 7) is 0. The third kappa shape index (κ3) is 2.76. The number of nitrogens with zero attached hydrogens (tertiary/aromatic N) is 2. The first-order valence-electron chi connectivity index (χ1n) is 4.58. The number of rotatable bonds is 2. The molecule has 0 radical (unpaired) electrons. The van der Waals surface area contributed by atoms with Gasteiger partial charge in [0.05, 0.1) is 0 Å². The molecule has 1 unspecified atom stereocenters. The molecular weight excluding hydrogens is 273 g/mol. The van der Waals surface area contributed by atoms with Crippen molar-refractivity contribution in [3.63, 3.8) is 0 Å². The molecule has 2 aromatic rings. The predicted molar refractivity (Wildman–Crippen MR) is 59.0 cm³/mol. The second-order valence-electron chi connectivity index (χ2n) is 3.22. The molecule has 0 spiro atoms. The Morgan fingerprint density at radius 3 is 2.29 bits per heavy atom. The highest BCUT2D eigenvalue weighted by Gasteiger charge is 2.36. The first kappa shape index (κ1) is 12.3. The van der Waals surface area contributed by atoms with Crippen molar-refractivity contribution in [2.75, 3.05) is 0 Å². The summed E-state index contributed by atoms with van der Waals surface area (Å²) in [6, 6.07) is 8.78. The number of aromatic nitrogens is 2. The van der Waals surface area contributed by atoms with Crippen molar-refractivity contribution in [1.29, 1.82) is 0 Å². The van der Waals surface area contributed by atoms with Crippen molar-refractivity contribution in [2.24, 2.45) is 0 Å². The fourth-order valence-electron chi connectivity index (χ4n) is 1.22. The molecule has 0 fully saturated rings. The van der Waals surface area contributed by atoms with Crippen LogP contribution in [0.15, 0.2) is 30.3 Å². The highest BCUT2D eigenvalue weighted by atomic mass is 35.5. The van der Waals surface area contributed by atoms with E-state index in [0.717, 1.165) is 0 Å². The molecule has 0 aliphatic heterocycles. The molecule has 0 N–H and O–H groups in total. The molecule has 7 heteroatoms. The lowest BCUT2D eigenvalue weighted by atomic mass is 10.1. The van der Waals surface area contributed by atoms with Gasteiger partial charge in [0.15, 0.2) is 0 Å². The van der Waals surface area contributed by atoms with Gasteiger partial charge in [0.2, 0.25) is 5.01 Å². The molecule has 2 nitrogen and oxygen atoms in total. The third-order valence-electron chi connectivity index (χ3n) is 1.99. The Bertz CT molecular complexity index is 498. The van der Waals surface area contributed by atoms with E-state index >= 15 is 0 Å². The monoisotopic (exact) mass is 278 g/mol. The van der Waals surface area contributed by atoms with Crippen LogP contribution < -0.4 is 0 Å². The zero-order valence-corrected chi connectivity index (χ0v) is 9.85. The van der Waals surface area contributed by atoms with Crippen LogP contribution >= 0.6 is 22.9 Å². The lowest BCUT2D eigenvalue weighted by molar-refractivity contribution is -0.138. The zero-order chi connectivity index (χ0) is 12.5. The van der Waals surface area contributed by atoms with Gasteiger partial charge < -0.3 is 0 Å². The Balaban J connectivity index is 2.27. The van der Waals surface area contributed by atoms with E-state index in [9.17, 15) is 13.2 Å². The van der Waals surface area contributed by atoms with Crippen LogP contribution in [-0.2, 0) is 6.18 Å². The van der Waals surface area contributed by atoms with E-state index in [-0.39, 0.29) is 5.01 Å². The highest BCUT2D eigenvalue weighted by molar-refractivity contribution is 7.11. The minimum Gasteiger partial charge on any atom is -0.164 e. The van der Waals surface area contributed by atoms with Crippen LogP contribution in [0.5, 0.6) is 0 Å². The summed E-state index contributed by atoms with van der Waals surface area (Å²) < 4.78 is 37.0. The minimum absolute atomic E-state index is 0.144. The summed E-state index contributed by atoms with van der Waals surface area (Å²) in [5.74, 6) is 0. The first-order valence-corrected chi connectivity index (χ1v) is 5.83. The Labute approximate surface area is 104 Å². The Hall–Kier alpha value is -1.14. The van der Waals surface area contributed by atoms with Crippen molar-refractivity contribution in [2.45, 2.75) is 11.6 Å². The maximum absolute atomic E-state index is 12.3. The standard InChI is InChI=1S/C10H6ClF3N2S/c11-7(6-4-2-1-3-5-6)8-15-16-9(17-8)10(12,13)14/h1-5,7H. The van der Waals surface area contributed by atoms with Gasteiger partial charge in [-0.15, -0.1) is 21.8 Å². The van der Waals surface area contributed by atoms with Crippen molar-refractivity contribution in [3.8, 4) is 0 Å². The zero-order valence-electron chi connectivity index (χ0n) is 8.28. The molecule has 0 aliphatic carbocycles. The van der Waals surface area contributed by atoms with E-state index < -0.39 is 16.6 Å². The van der Waals surface area contributed by atoms with Crippen LogP contribution in [0, 0.1) is 0 Å². The molecule has 1 aromatic carbocycles. The molecule has 2 rings (SSSR count). The predicted octanol–water partition coefficient (Wildman–Crippen LogP) is 3.89. The molecule has 0 saturated heterocycles. The summed E-state index contributed by atoms with van der Waals surface area (Å²) in [6.07, 6.45) is -4.47. The van der Waals surface area contributed by atoms with Crippen LogP contribution in [0.25, 0.3) is 0 Å². The molecule has 1 atom stereocenters. The molecule has 0 saturated carbocycles. The van der Waals surface area contributed by atoms with E-state index in [2.05, 4.69) is 10.2 Å². The summed E-state index contributed by atoms with van der Waals surface area (Å²) >= 11 is 6.50. The van der Waals surface area contributed by atoms with Gasteiger partial charge in [0.25, 0.3) is 0 Å². The SMILES string of the molecule is FC(F)(F)c1nnc(C(Cl)c2ccccc2)s1. The summed E-state index contributed by atoms with van der Waals surface area (Å²) in [5, 5.41) is 5.03. The van der Waals surface area contributed by atoms with Gasteiger partial charge >= 0.3 is 6.18 Å². The molecule has 1 aromatic heterocycles. The van der Waals surface area contributed by atoms with Gasteiger partial charge in [-0.1, -0.05) is 41.7 Å². The fraction of sp³-hybridized carbons (Fsp3) is 0.200. The number of hydrogen-bond donors (Lipinski definition) is 0. The van der Waals surface area contributed by atoms with Crippen molar-refractivity contribution in [1.82, 2.24) is 10.2 Å². The van der Waals surface area contributed by atoms with Crippen LogP contribution in [0.3, 0.4) is 0 Å². The molecule has 17 heavy (non-hydrogen) atoms. The number of benzene rings is 1. The van der Waals surface area contributed by atoms with E-state index in [1.54, 1.807) is 30.3 Å². The largest absolute Gasteiger partial charge is 0.445 e. The minimum atomic E-state index is -4.47. The van der Waals surface area contributed by atoms with Crippen molar-refractivity contribution < 1.29 is 13.2 Å². The van der Waals surface area contributed by atoms with Crippen LogP contribution in [0.2, 0.25) is 0 Å². The molecule has 0 bridgehead atoms. The van der Waals surface area contributed by atoms with Crippen molar-refractivity contribution in [3.05, 3.63) is 45.9 Å². The van der Waals surface area contributed by atoms with E-state index in [1.807, 2.05) is 0 Å². The molecular formula is C10H6ClF3N2S. The second-order valence-corrected chi connectivity index (χ2v) is 4.66. The highest BCUT2D eigenvalue weighted by Crippen LogP contribution is 2.36.